The van der Waals surface area contributed by atoms with Gasteiger partial charge >= 0.3 is 0 Å². The maximum atomic E-state index is 12.4. The number of allylic oxidation sites excluding steroid dienone is 1. The van der Waals surface area contributed by atoms with E-state index in [4.69, 9.17) is 5.73 Å². The molecule has 23 heavy (non-hydrogen) atoms. The molecule has 2 heteroatoms. The van der Waals surface area contributed by atoms with Crippen LogP contribution in [0.15, 0.2) is 29.9 Å². The molecule has 1 aromatic rings. The second-order valence-corrected chi connectivity index (χ2v) is 8.20. The Morgan fingerprint density at radius 3 is 2.52 bits per heavy atom. The lowest BCUT2D eigenvalue weighted by atomic mass is 9.70. The van der Waals surface area contributed by atoms with Crippen molar-refractivity contribution in [3.05, 3.63) is 52.1 Å². The molecule has 121 valence electrons. The summed E-state index contributed by atoms with van der Waals surface area (Å²) < 4.78 is 0. The van der Waals surface area contributed by atoms with Crippen LogP contribution in [0.5, 0.6) is 0 Å². The van der Waals surface area contributed by atoms with E-state index in [-0.39, 0.29) is 5.41 Å². The van der Waals surface area contributed by atoms with Gasteiger partial charge in [0.2, 0.25) is 0 Å². The Morgan fingerprint density at radius 2 is 2.00 bits per heavy atom. The van der Waals surface area contributed by atoms with E-state index in [1.807, 2.05) is 0 Å². The topological polar surface area (TPSA) is 40.9 Å². The van der Waals surface area contributed by atoms with Gasteiger partial charge < -0.3 is 0 Å². The van der Waals surface area contributed by atoms with Gasteiger partial charge in [-0.2, -0.15) is 0 Å². The van der Waals surface area contributed by atoms with Crippen molar-refractivity contribution in [2.45, 2.75) is 64.2 Å². The molecule has 3 rings (SSSR count). The van der Waals surface area contributed by atoms with Crippen LogP contribution >= 0.6 is 0 Å². The fourth-order valence-electron chi connectivity index (χ4n) is 4.11. The number of benzene rings is 1. The van der Waals surface area contributed by atoms with Gasteiger partial charge in [0.05, 0.1) is 5.41 Å². The van der Waals surface area contributed by atoms with Gasteiger partial charge in [-0.05, 0) is 60.3 Å². The van der Waals surface area contributed by atoms with Crippen LogP contribution in [0.2, 0.25) is 0 Å². The molecule has 1 radical (unpaired) electrons. The van der Waals surface area contributed by atoms with Crippen molar-refractivity contribution in [1.29, 1.82) is 0 Å². The first-order valence-electron chi connectivity index (χ1n) is 8.45. The molecule has 1 unspecified atom stereocenters. The summed E-state index contributed by atoms with van der Waals surface area (Å²) in [5.74, 6) is -0.488. The van der Waals surface area contributed by atoms with Gasteiger partial charge in [0.15, 0.2) is 0 Å². The molecule has 1 aromatic carbocycles. The van der Waals surface area contributed by atoms with Crippen molar-refractivity contribution in [2.24, 2.45) is 0 Å². The summed E-state index contributed by atoms with van der Waals surface area (Å²) in [5, 5.41) is 0. The zero-order valence-electron chi connectivity index (χ0n) is 14.7. The fourth-order valence-corrected chi connectivity index (χ4v) is 4.11. The van der Waals surface area contributed by atoms with Gasteiger partial charge in [-0.3, -0.25) is 10.5 Å². The molecule has 2 nitrogen and oxygen atoms in total. The third-order valence-electron chi connectivity index (χ3n) is 5.49. The molecule has 2 aliphatic rings. The number of carbonyl (C=O) groups is 1. The van der Waals surface area contributed by atoms with Crippen LogP contribution < -0.4 is 5.73 Å². The Balaban J connectivity index is 2.30. The lowest BCUT2D eigenvalue weighted by Crippen LogP contribution is -2.36. The molecule has 0 aliphatic heterocycles. The average Bonchev–Trinajstić information content (AvgIpc) is 2.99. The number of fused-ring (bicyclic) bond motifs is 1. The number of amides is 1. The molecule has 0 spiro atoms. The van der Waals surface area contributed by atoms with Gasteiger partial charge in [0.25, 0.3) is 5.91 Å². The second-order valence-electron chi connectivity index (χ2n) is 8.20. The molecule has 0 aromatic heterocycles. The minimum Gasteiger partial charge on any atom is -0.272 e. The molecular formula is C21H26NO. The molecule has 1 amide bonds. The van der Waals surface area contributed by atoms with Crippen molar-refractivity contribution >= 4 is 12.0 Å². The van der Waals surface area contributed by atoms with E-state index >= 15 is 0 Å². The molecule has 1 fully saturated rings. The number of nitrogens with one attached hydrogen (secondary N) is 1. The van der Waals surface area contributed by atoms with E-state index in [0.29, 0.717) is 0 Å². The monoisotopic (exact) mass is 308 g/mol. The predicted molar refractivity (Wildman–Crippen MR) is 95.3 cm³/mol. The third-order valence-corrected chi connectivity index (χ3v) is 5.49. The lowest BCUT2D eigenvalue weighted by Gasteiger charge is -2.32. The van der Waals surface area contributed by atoms with E-state index in [2.05, 4.69) is 52.5 Å². The Bertz CT molecular complexity index is 733. The van der Waals surface area contributed by atoms with Crippen LogP contribution in [-0.4, -0.2) is 5.91 Å². The SMILES string of the molecule is C=C1CCCC1(C([NH])=O)c1cc(C(C)(C)C)cc2c1CC(C)=C2. The first-order valence-corrected chi connectivity index (χ1v) is 8.45. The number of rotatable bonds is 2. The quantitative estimate of drug-likeness (QED) is 0.728. The number of hydrogen-bond donors (Lipinski definition) is 0. The van der Waals surface area contributed by atoms with Crippen molar-refractivity contribution in [3.8, 4) is 0 Å². The largest absolute Gasteiger partial charge is 0.272 e. The molecule has 1 saturated carbocycles. The highest BCUT2D eigenvalue weighted by atomic mass is 16.1. The molecule has 2 aliphatic carbocycles. The van der Waals surface area contributed by atoms with E-state index < -0.39 is 11.3 Å². The van der Waals surface area contributed by atoms with Gasteiger partial charge in [-0.25, -0.2) is 0 Å². The molecular weight excluding hydrogens is 282 g/mol. The van der Waals surface area contributed by atoms with Crippen LogP contribution in [0.4, 0.5) is 0 Å². The maximum Gasteiger partial charge on any atom is 0.253 e. The molecule has 0 bridgehead atoms. The first-order chi connectivity index (χ1) is 10.7. The Hall–Kier alpha value is -1.83. The zero-order valence-corrected chi connectivity index (χ0v) is 14.7. The summed E-state index contributed by atoms with van der Waals surface area (Å²) in [6.45, 7) is 12.9. The normalized spacial score (nSPS) is 23.8. The second kappa shape index (κ2) is 5.09. The summed E-state index contributed by atoms with van der Waals surface area (Å²) >= 11 is 0. The highest BCUT2D eigenvalue weighted by molar-refractivity contribution is 5.92. The van der Waals surface area contributed by atoms with E-state index in [9.17, 15) is 4.79 Å². The van der Waals surface area contributed by atoms with Gasteiger partial charge in [0, 0.05) is 0 Å². The Kier molecular flexibility index (Phi) is 3.55. The minimum atomic E-state index is -0.788. The van der Waals surface area contributed by atoms with Crippen LogP contribution in [0, 0.1) is 0 Å². The van der Waals surface area contributed by atoms with Crippen LogP contribution in [0.3, 0.4) is 0 Å². The average molecular weight is 308 g/mol. The van der Waals surface area contributed by atoms with Gasteiger partial charge in [-0.1, -0.05) is 56.7 Å². The summed E-state index contributed by atoms with van der Waals surface area (Å²) in [5.41, 5.74) is 14.2. The van der Waals surface area contributed by atoms with Crippen molar-refractivity contribution in [2.75, 3.05) is 0 Å². The molecule has 1 N–H and O–H groups in total. The third kappa shape index (κ3) is 2.36. The predicted octanol–water partition coefficient (Wildman–Crippen LogP) is 4.73. The highest BCUT2D eigenvalue weighted by Gasteiger charge is 2.47. The molecule has 0 heterocycles. The standard InChI is InChI=1S/C21H26NO/c1-13-9-15-11-16(20(3,4)5)12-18(17(15)10-13)21(19(22)23)8-6-7-14(21)2/h9,11-12,22H,2,6-8,10H2,1,3-5H3. The lowest BCUT2D eigenvalue weighted by molar-refractivity contribution is -0.122. The fraction of sp³-hybridized carbons (Fsp3) is 0.476. The van der Waals surface area contributed by atoms with E-state index in [0.717, 1.165) is 36.8 Å². The van der Waals surface area contributed by atoms with Crippen molar-refractivity contribution < 1.29 is 4.79 Å². The van der Waals surface area contributed by atoms with Crippen molar-refractivity contribution in [3.63, 3.8) is 0 Å². The summed E-state index contributed by atoms with van der Waals surface area (Å²) in [7, 11) is 0. The maximum absolute atomic E-state index is 12.4. The zero-order chi connectivity index (χ0) is 17.0. The molecule has 0 saturated heterocycles. The van der Waals surface area contributed by atoms with Crippen LogP contribution in [0.25, 0.3) is 6.08 Å². The number of hydrogen-bond acceptors (Lipinski definition) is 1. The minimum absolute atomic E-state index is 0.0142. The van der Waals surface area contributed by atoms with Crippen molar-refractivity contribution in [1.82, 2.24) is 5.73 Å². The highest BCUT2D eigenvalue weighted by Crippen LogP contribution is 2.49. The number of carbonyl (C=O) groups excluding carboxylic acids is 1. The van der Waals surface area contributed by atoms with Crippen LogP contribution in [-0.2, 0) is 22.0 Å². The van der Waals surface area contributed by atoms with E-state index in [1.165, 1.54) is 22.3 Å². The smallest absolute Gasteiger partial charge is 0.253 e. The van der Waals surface area contributed by atoms with Crippen LogP contribution in [0.1, 0.15) is 69.2 Å². The first kappa shape index (κ1) is 16.0. The van der Waals surface area contributed by atoms with E-state index in [1.54, 1.807) is 0 Å². The Morgan fingerprint density at radius 1 is 1.30 bits per heavy atom. The summed E-state index contributed by atoms with van der Waals surface area (Å²) in [6, 6.07) is 4.45. The Labute approximate surface area is 139 Å². The summed E-state index contributed by atoms with van der Waals surface area (Å²) in [4.78, 5) is 12.4. The van der Waals surface area contributed by atoms with Gasteiger partial charge in [-0.15, -0.1) is 0 Å². The molecule has 1 atom stereocenters. The summed E-state index contributed by atoms with van der Waals surface area (Å²) in [6.07, 6.45) is 5.65. The van der Waals surface area contributed by atoms with Gasteiger partial charge in [0.1, 0.15) is 0 Å².